The van der Waals surface area contributed by atoms with Gasteiger partial charge in [0, 0.05) is 16.7 Å². The molecule has 0 atom stereocenters. The molecule has 0 amide bonds. The summed E-state index contributed by atoms with van der Waals surface area (Å²) in [5.74, 6) is 0.0773. The highest BCUT2D eigenvalue weighted by Gasteiger charge is 2.06. The van der Waals surface area contributed by atoms with Gasteiger partial charge in [0.2, 0.25) is 9.05 Å². The van der Waals surface area contributed by atoms with Crippen molar-refractivity contribution in [1.29, 1.82) is 0 Å². The Labute approximate surface area is 114 Å². The molecule has 0 bridgehead atoms. The summed E-state index contributed by atoms with van der Waals surface area (Å²) in [6, 6.07) is 5.74. The van der Waals surface area contributed by atoms with Crippen LogP contribution in [0.3, 0.4) is 0 Å². The standard InChI is InChI=1S/C10H12ClNO6S/c11-19(15,16)7-6-17-4-5-18-10-3-1-2-9(8-10)12(13)14/h1-3,8H,4-7H2. The van der Waals surface area contributed by atoms with Crippen molar-refractivity contribution < 1.29 is 22.8 Å². The lowest BCUT2D eigenvalue weighted by Crippen LogP contribution is -2.12. The van der Waals surface area contributed by atoms with Crippen LogP contribution in [0.2, 0.25) is 0 Å². The molecule has 0 unspecified atom stereocenters. The molecule has 9 heteroatoms. The van der Waals surface area contributed by atoms with Crippen LogP contribution in [0.1, 0.15) is 0 Å². The number of hydrogen-bond acceptors (Lipinski definition) is 6. The summed E-state index contributed by atoms with van der Waals surface area (Å²) in [6.07, 6.45) is 0. The average molecular weight is 310 g/mol. The number of halogens is 1. The third-order valence-electron chi connectivity index (χ3n) is 2.00. The van der Waals surface area contributed by atoms with E-state index in [1.807, 2.05) is 0 Å². The third-order valence-corrected chi connectivity index (χ3v) is 3.11. The van der Waals surface area contributed by atoms with E-state index in [-0.39, 0.29) is 31.3 Å². The molecule has 0 heterocycles. The van der Waals surface area contributed by atoms with E-state index in [1.54, 1.807) is 6.07 Å². The number of nitrogens with zero attached hydrogens (tertiary/aromatic N) is 1. The lowest BCUT2D eigenvalue weighted by molar-refractivity contribution is -0.384. The Morgan fingerprint density at radius 1 is 1.26 bits per heavy atom. The van der Waals surface area contributed by atoms with Crippen molar-refractivity contribution in [2.75, 3.05) is 25.6 Å². The smallest absolute Gasteiger partial charge is 0.273 e. The van der Waals surface area contributed by atoms with E-state index >= 15 is 0 Å². The molecule has 106 valence electrons. The van der Waals surface area contributed by atoms with Gasteiger partial charge in [-0.3, -0.25) is 10.1 Å². The van der Waals surface area contributed by atoms with Crippen molar-refractivity contribution in [2.24, 2.45) is 0 Å². The van der Waals surface area contributed by atoms with Crippen molar-refractivity contribution in [3.63, 3.8) is 0 Å². The molecule has 0 spiro atoms. The maximum atomic E-state index is 10.6. The zero-order valence-electron chi connectivity index (χ0n) is 9.82. The van der Waals surface area contributed by atoms with E-state index in [0.29, 0.717) is 5.75 Å². The van der Waals surface area contributed by atoms with Crippen molar-refractivity contribution in [3.8, 4) is 5.75 Å². The minimum atomic E-state index is -3.55. The Bertz CT molecular complexity index is 533. The first-order valence-electron chi connectivity index (χ1n) is 5.26. The van der Waals surface area contributed by atoms with Gasteiger partial charge in [-0.25, -0.2) is 8.42 Å². The third kappa shape index (κ3) is 6.94. The van der Waals surface area contributed by atoms with Crippen molar-refractivity contribution in [1.82, 2.24) is 0 Å². The Morgan fingerprint density at radius 2 is 2.00 bits per heavy atom. The number of benzene rings is 1. The van der Waals surface area contributed by atoms with Crippen LogP contribution in [0.4, 0.5) is 5.69 Å². The van der Waals surface area contributed by atoms with Gasteiger partial charge >= 0.3 is 0 Å². The summed E-state index contributed by atoms with van der Waals surface area (Å²) in [5, 5.41) is 10.5. The highest BCUT2D eigenvalue weighted by Crippen LogP contribution is 2.18. The van der Waals surface area contributed by atoms with Gasteiger partial charge in [-0.1, -0.05) is 6.07 Å². The van der Waals surface area contributed by atoms with Gasteiger partial charge in [-0.05, 0) is 6.07 Å². The lowest BCUT2D eigenvalue weighted by atomic mass is 10.3. The summed E-state index contributed by atoms with van der Waals surface area (Å²) in [5.41, 5.74) is -0.0633. The van der Waals surface area contributed by atoms with Gasteiger partial charge < -0.3 is 9.47 Å². The van der Waals surface area contributed by atoms with Crippen molar-refractivity contribution in [3.05, 3.63) is 34.4 Å². The molecule has 0 radical (unpaired) electrons. The predicted octanol–water partition coefficient (Wildman–Crippen LogP) is 1.56. The van der Waals surface area contributed by atoms with Gasteiger partial charge in [0.25, 0.3) is 5.69 Å². The van der Waals surface area contributed by atoms with Crippen LogP contribution in [0.25, 0.3) is 0 Å². The number of ether oxygens (including phenoxy) is 2. The van der Waals surface area contributed by atoms with Crippen LogP contribution in [0, 0.1) is 10.1 Å². The predicted molar refractivity (Wildman–Crippen MR) is 69.1 cm³/mol. The lowest BCUT2D eigenvalue weighted by Gasteiger charge is -2.06. The van der Waals surface area contributed by atoms with Crippen LogP contribution in [-0.2, 0) is 13.8 Å². The monoisotopic (exact) mass is 309 g/mol. The first kappa shape index (κ1) is 15.7. The van der Waals surface area contributed by atoms with E-state index in [2.05, 4.69) is 0 Å². The number of nitro groups is 1. The first-order chi connectivity index (χ1) is 8.88. The molecule has 19 heavy (non-hydrogen) atoms. The van der Waals surface area contributed by atoms with Gasteiger partial charge in [-0.2, -0.15) is 0 Å². The van der Waals surface area contributed by atoms with Crippen molar-refractivity contribution in [2.45, 2.75) is 0 Å². The number of rotatable bonds is 8. The molecule has 1 rings (SSSR count). The first-order valence-corrected chi connectivity index (χ1v) is 7.74. The fourth-order valence-electron chi connectivity index (χ4n) is 1.17. The highest BCUT2D eigenvalue weighted by molar-refractivity contribution is 8.13. The van der Waals surface area contributed by atoms with E-state index < -0.39 is 14.0 Å². The average Bonchev–Trinajstić information content (AvgIpc) is 2.32. The van der Waals surface area contributed by atoms with Crippen LogP contribution in [-0.4, -0.2) is 38.9 Å². The Hall–Kier alpha value is -1.38. The Balaban J connectivity index is 2.26. The second-order valence-corrected chi connectivity index (χ2v) is 6.35. The molecule has 0 saturated heterocycles. The van der Waals surface area contributed by atoms with Crippen LogP contribution < -0.4 is 4.74 Å². The SMILES string of the molecule is O=[N+]([O-])c1cccc(OCCOCCS(=O)(=O)Cl)c1. The van der Waals surface area contributed by atoms with Crippen LogP contribution >= 0.6 is 10.7 Å². The molecular formula is C10H12ClNO6S. The second-order valence-electron chi connectivity index (χ2n) is 3.46. The minimum Gasteiger partial charge on any atom is -0.491 e. The topological polar surface area (TPSA) is 95.7 Å². The van der Waals surface area contributed by atoms with Gasteiger partial charge in [-0.15, -0.1) is 0 Å². The van der Waals surface area contributed by atoms with Crippen molar-refractivity contribution >= 4 is 25.4 Å². The molecule has 0 N–H and O–H groups in total. The highest BCUT2D eigenvalue weighted by atomic mass is 35.7. The molecule has 1 aromatic carbocycles. The second kappa shape index (κ2) is 7.27. The molecule has 0 saturated carbocycles. The number of non-ortho nitro benzene ring substituents is 1. The van der Waals surface area contributed by atoms with E-state index in [9.17, 15) is 18.5 Å². The van der Waals surface area contributed by atoms with E-state index in [0.717, 1.165) is 0 Å². The van der Waals surface area contributed by atoms with Gasteiger partial charge in [0.05, 0.1) is 30.0 Å². The molecule has 0 aliphatic heterocycles. The van der Waals surface area contributed by atoms with Crippen LogP contribution in [0.5, 0.6) is 5.75 Å². The molecule has 0 fully saturated rings. The summed E-state index contributed by atoms with van der Waals surface area (Å²) in [6.45, 7) is 0.294. The molecule has 0 aromatic heterocycles. The Kier molecular flexibility index (Phi) is 6.00. The zero-order valence-corrected chi connectivity index (χ0v) is 11.4. The quantitative estimate of drug-likeness (QED) is 0.313. The summed E-state index contributed by atoms with van der Waals surface area (Å²) >= 11 is 0. The molecule has 0 aliphatic carbocycles. The largest absolute Gasteiger partial charge is 0.491 e. The fraction of sp³-hybridized carbons (Fsp3) is 0.400. The summed E-state index contributed by atoms with van der Waals surface area (Å²) in [4.78, 5) is 10.00. The molecule has 0 aliphatic rings. The number of hydrogen-bond donors (Lipinski definition) is 0. The molecule has 1 aromatic rings. The number of nitro benzene ring substituents is 1. The minimum absolute atomic E-state index is 0.0237. The molecule has 7 nitrogen and oxygen atoms in total. The summed E-state index contributed by atoms with van der Waals surface area (Å²) in [7, 11) is 1.44. The molecular weight excluding hydrogens is 298 g/mol. The normalized spacial score (nSPS) is 11.2. The maximum absolute atomic E-state index is 10.6. The van der Waals surface area contributed by atoms with Gasteiger partial charge in [0.15, 0.2) is 0 Å². The zero-order chi connectivity index (χ0) is 14.3. The van der Waals surface area contributed by atoms with E-state index in [4.69, 9.17) is 20.2 Å². The van der Waals surface area contributed by atoms with Gasteiger partial charge in [0.1, 0.15) is 12.4 Å². The van der Waals surface area contributed by atoms with Crippen LogP contribution in [0.15, 0.2) is 24.3 Å². The summed E-state index contributed by atoms with van der Waals surface area (Å²) < 4.78 is 31.4. The fourth-order valence-corrected chi connectivity index (χ4v) is 1.67. The Morgan fingerprint density at radius 3 is 2.63 bits per heavy atom. The van der Waals surface area contributed by atoms with E-state index in [1.165, 1.54) is 18.2 Å². The maximum Gasteiger partial charge on any atom is 0.273 e.